The molecule has 4 heteroatoms. The van der Waals surface area contributed by atoms with Crippen molar-refractivity contribution in [3.05, 3.63) is 29.3 Å². The monoisotopic (exact) mass is 283 g/mol. The van der Waals surface area contributed by atoms with E-state index in [0.29, 0.717) is 13.0 Å². The molecule has 1 aromatic rings. The Morgan fingerprint density at radius 3 is 2.88 bits per heavy atom. The number of rotatable bonds is 2. The molecule has 0 aliphatic carbocycles. The van der Waals surface area contributed by atoms with Crippen molar-refractivity contribution >= 4 is 27.5 Å². The van der Waals surface area contributed by atoms with Crippen LogP contribution < -0.4 is 4.90 Å². The van der Waals surface area contributed by atoms with Crippen molar-refractivity contribution in [1.82, 2.24) is 0 Å². The van der Waals surface area contributed by atoms with Crippen molar-refractivity contribution in [2.45, 2.75) is 24.8 Å². The van der Waals surface area contributed by atoms with Crippen LogP contribution in [0.1, 0.15) is 17.5 Å². The summed E-state index contributed by atoms with van der Waals surface area (Å²) in [6.45, 7) is 2.62. The molecule has 1 N–H and O–H groups in total. The zero-order chi connectivity index (χ0) is 11.7. The third kappa shape index (κ3) is 2.13. The summed E-state index contributed by atoms with van der Waals surface area (Å²) in [6.07, 6.45) is 0.527. The lowest BCUT2D eigenvalue weighted by atomic mass is 10.1. The number of benzene rings is 1. The van der Waals surface area contributed by atoms with E-state index in [0.717, 1.165) is 16.8 Å². The first-order valence-corrected chi connectivity index (χ1v) is 6.18. The van der Waals surface area contributed by atoms with E-state index >= 15 is 0 Å². The van der Waals surface area contributed by atoms with E-state index in [1.807, 2.05) is 25.1 Å². The van der Waals surface area contributed by atoms with Gasteiger partial charge in [-0.25, -0.2) is 0 Å². The first-order chi connectivity index (χ1) is 7.61. The van der Waals surface area contributed by atoms with Gasteiger partial charge in [0.25, 0.3) is 0 Å². The summed E-state index contributed by atoms with van der Waals surface area (Å²) in [4.78, 5) is 13.7. The number of aryl methyl sites for hydroxylation is 1. The van der Waals surface area contributed by atoms with Crippen molar-refractivity contribution in [1.29, 1.82) is 0 Å². The van der Waals surface area contributed by atoms with Crippen LogP contribution in [-0.2, 0) is 11.4 Å². The molecule has 1 aliphatic rings. The summed E-state index contributed by atoms with van der Waals surface area (Å²) in [5, 5.41) is 9.31. The highest BCUT2D eigenvalue weighted by atomic mass is 79.9. The predicted octanol–water partition coefficient (Wildman–Crippen LogP) is 1.99. The van der Waals surface area contributed by atoms with Crippen LogP contribution in [0.15, 0.2) is 18.2 Å². The van der Waals surface area contributed by atoms with Gasteiger partial charge in [0.2, 0.25) is 5.91 Å². The van der Waals surface area contributed by atoms with Crippen molar-refractivity contribution in [3.63, 3.8) is 0 Å². The van der Waals surface area contributed by atoms with Gasteiger partial charge < -0.3 is 10.0 Å². The lowest BCUT2D eigenvalue weighted by Gasteiger charge is -2.19. The Morgan fingerprint density at radius 2 is 2.31 bits per heavy atom. The maximum Gasteiger partial charge on any atom is 0.228 e. The van der Waals surface area contributed by atoms with Crippen molar-refractivity contribution < 1.29 is 9.90 Å². The van der Waals surface area contributed by atoms with E-state index in [9.17, 15) is 9.90 Å². The number of carbonyl (C=O) groups is 1. The van der Waals surface area contributed by atoms with Crippen LogP contribution >= 0.6 is 15.9 Å². The van der Waals surface area contributed by atoms with Crippen LogP contribution in [0.3, 0.4) is 0 Å². The second kappa shape index (κ2) is 4.55. The Labute approximate surface area is 103 Å². The summed E-state index contributed by atoms with van der Waals surface area (Å²) in [6, 6.07) is 5.79. The van der Waals surface area contributed by atoms with Gasteiger partial charge in [-0.3, -0.25) is 4.79 Å². The smallest absolute Gasteiger partial charge is 0.228 e. The minimum absolute atomic E-state index is 0.0340. The number of amides is 1. The first kappa shape index (κ1) is 11.6. The number of nitrogens with zero attached hydrogens (tertiary/aromatic N) is 1. The highest BCUT2D eigenvalue weighted by Gasteiger charge is 2.29. The zero-order valence-corrected chi connectivity index (χ0v) is 10.7. The van der Waals surface area contributed by atoms with Gasteiger partial charge in [-0.05, 0) is 13.0 Å². The van der Waals surface area contributed by atoms with Gasteiger partial charge >= 0.3 is 0 Å². The van der Waals surface area contributed by atoms with Gasteiger partial charge in [0, 0.05) is 29.0 Å². The molecule has 1 amide bonds. The van der Waals surface area contributed by atoms with E-state index in [4.69, 9.17) is 0 Å². The Hall–Kier alpha value is -0.870. The molecule has 16 heavy (non-hydrogen) atoms. The second-order valence-corrected chi connectivity index (χ2v) is 5.39. The van der Waals surface area contributed by atoms with Gasteiger partial charge in [0.1, 0.15) is 0 Å². The Bertz CT molecular complexity index is 419. The molecule has 3 nitrogen and oxygen atoms in total. The Morgan fingerprint density at radius 1 is 1.56 bits per heavy atom. The van der Waals surface area contributed by atoms with Crippen molar-refractivity contribution in [2.75, 3.05) is 11.4 Å². The topological polar surface area (TPSA) is 40.5 Å². The van der Waals surface area contributed by atoms with E-state index in [1.54, 1.807) is 4.90 Å². The van der Waals surface area contributed by atoms with E-state index in [2.05, 4.69) is 15.9 Å². The molecule has 0 spiro atoms. The number of carbonyl (C=O) groups excluding carboxylic acids is 1. The minimum Gasteiger partial charge on any atom is -0.392 e. The molecular weight excluding hydrogens is 270 g/mol. The number of aliphatic hydroxyl groups excluding tert-OH is 1. The molecule has 1 saturated heterocycles. The number of anilines is 1. The average molecular weight is 284 g/mol. The fraction of sp³-hybridized carbons (Fsp3) is 0.417. The van der Waals surface area contributed by atoms with E-state index < -0.39 is 0 Å². The van der Waals surface area contributed by atoms with Gasteiger partial charge in [0.15, 0.2) is 0 Å². The Kier molecular flexibility index (Phi) is 3.30. The number of hydrogen-bond acceptors (Lipinski definition) is 2. The molecule has 86 valence electrons. The number of aliphatic hydroxyl groups is 1. The molecule has 1 atom stereocenters. The van der Waals surface area contributed by atoms with Crippen LogP contribution in [0, 0.1) is 6.92 Å². The third-order valence-electron chi connectivity index (χ3n) is 2.77. The van der Waals surface area contributed by atoms with Crippen LogP contribution in [0.5, 0.6) is 0 Å². The molecule has 1 unspecified atom stereocenters. The first-order valence-electron chi connectivity index (χ1n) is 5.26. The molecule has 0 radical (unpaired) electrons. The van der Waals surface area contributed by atoms with Crippen molar-refractivity contribution in [3.8, 4) is 0 Å². The summed E-state index contributed by atoms with van der Waals surface area (Å²) < 4.78 is 0. The lowest BCUT2D eigenvalue weighted by molar-refractivity contribution is -0.117. The molecule has 0 saturated carbocycles. The maximum atomic E-state index is 11.8. The van der Waals surface area contributed by atoms with E-state index in [1.165, 1.54) is 0 Å². The van der Waals surface area contributed by atoms with Gasteiger partial charge in [0.05, 0.1) is 6.61 Å². The highest BCUT2D eigenvalue weighted by molar-refractivity contribution is 9.09. The van der Waals surface area contributed by atoms with Crippen LogP contribution in [0.2, 0.25) is 0 Å². The molecule has 0 bridgehead atoms. The normalized spacial score (nSPS) is 20.6. The SMILES string of the molecule is Cc1ccc(N2CC(Br)CC2=O)c(CO)c1. The highest BCUT2D eigenvalue weighted by Crippen LogP contribution is 2.28. The quantitative estimate of drug-likeness (QED) is 0.844. The standard InChI is InChI=1S/C12H14BrNO2/c1-8-2-3-11(9(4-8)7-15)14-6-10(13)5-12(14)16/h2-4,10,15H,5-7H2,1H3. The summed E-state index contributed by atoms with van der Waals surface area (Å²) in [7, 11) is 0. The van der Waals surface area contributed by atoms with Crippen LogP contribution in [0.4, 0.5) is 5.69 Å². The largest absolute Gasteiger partial charge is 0.392 e. The molecule has 1 heterocycles. The molecule has 0 aromatic heterocycles. The van der Waals surface area contributed by atoms with Gasteiger partial charge in [-0.15, -0.1) is 0 Å². The number of hydrogen-bond donors (Lipinski definition) is 1. The number of alkyl halides is 1. The van der Waals surface area contributed by atoms with Gasteiger partial charge in [-0.1, -0.05) is 33.6 Å². The average Bonchev–Trinajstić information content (AvgIpc) is 2.57. The maximum absolute atomic E-state index is 11.8. The summed E-state index contributed by atoms with van der Waals surface area (Å²) >= 11 is 3.45. The van der Waals surface area contributed by atoms with Gasteiger partial charge in [-0.2, -0.15) is 0 Å². The third-order valence-corrected chi connectivity index (χ3v) is 3.39. The molecule has 1 fully saturated rings. The predicted molar refractivity (Wildman–Crippen MR) is 66.8 cm³/mol. The lowest BCUT2D eigenvalue weighted by Crippen LogP contribution is -2.25. The second-order valence-electron chi connectivity index (χ2n) is 4.10. The summed E-state index contributed by atoms with van der Waals surface area (Å²) in [5.41, 5.74) is 2.74. The fourth-order valence-electron chi connectivity index (χ4n) is 2.00. The number of halogens is 1. The minimum atomic E-state index is -0.0340. The fourth-order valence-corrected chi connectivity index (χ4v) is 2.57. The van der Waals surface area contributed by atoms with Crippen molar-refractivity contribution in [2.24, 2.45) is 0 Å². The van der Waals surface area contributed by atoms with Crippen LogP contribution in [-0.4, -0.2) is 22.4 Å². The summed E-state index contributed by atoms with van der Waals surface area (Å²) in [5.74, 6) is 0.112. The molecule has 1 aliphatic heterocycles. The molecule has 2 rings (SSSR count). The van der Waals surface area contributed by atoms with E-state index in [-0.39, 0.29) is 17.3 Å². The Balaban J connectivity index is 2.36. The molecule has 1 aromatic carbocycles. The molecular formula is C12H14BrNO2. The van der Waals surface area contributed by atoms with Crippen LogP contribution in [0.25, 0.3) is 0 Å². The zero-order valence-electron chi connectivity index (χ0n) is 9.11.